The van der Waals surface area contributed by atoms with E-state index in [1.54, 1.807) is 23.1 Å². The molecule has 0 N–H and O–H groups in total. The second-order valence-electron chi connectivity index (χ2n) is 6.40. The molecular formula is C20H20Cl3NO3. The molecule has 0 aromatic heterocycles. The van der Waals surface area contributed by atoms with Gasteiger partial charge in [0, 0.05) is 29.7 Å². The summed E-state index contributed by atoms with van der Waals surface area (Å²) in [7, 11) is 0. The van der Waals surface area contributed by atoms with Crippen LogP contribution in [-0.4, -0.2) is 36.7 Å². The van der Waals surface area contributed by atoms with Gasteiger partial charge in [0.25, 0.3) is 5.91 Å². The van der Waals surface area contributed by atoms with Crippen LogP contribution >= 0.6 is 34.8 Å². The van der Waals surface area contributed by atoms with Crippen LogP contribution in [0.25, 0.3) is 0 Å². The van der Waals surface area contributed by atoms with E-state index in [2.05, 4.69) is 0 Å². The Morgan fingerprint density at radius 3 is 2.52 bits per heavy atom. The van der Waals surface area contributed by atoms with Gasteiger partial charge in [-0.3, -0.25) is 4.79 Å². The molecule has 0 spiro atoms. The van der Waals surface area contributed by atoms with Gasteiger partial charge in [-0.2, -0.15) is 0 Å². The van der Waals surface area contributed by atoms with Crippen LogP contribution in [0.2, 0.25) is 15.1 Å². The van der Waals surface area contributed by atoms with Crippen LogP contribution < -0.4 is 4.74 Å². The summed E-state index contributed by atoms with van der Waals surface area (Å²) >= 11 is 17.9. The summed E-state index contributed by atoms with van der Waals surface area (Å²) in [6, 6.07) is 12.4. The molecule has 1 aliphatic heterocycles. The van der Waals surface area contributed by atoms with E-state index in [-0.39, 0.29) is 18.6 Å². The third kappa shape index (κ3) is 6.01. The van der Waals surface area contributed by atoms with Gasteiger partial charge in [0.2, 0.25) is 0 Å². The maximum absolute atomic E-state index is 12.8. The Labute approximate surface area is 173 Å². The fourth-order valence-electron chi connectivity index (χ4n) is 2.92. The van der Waals surface area contributed by atoms with Crippen molar-refractivity contribution in [2.45, 2.75) is 25.5 Å². The predicted octanol–water partition coefficient (Wildman–Crippen LogP) is 5.23. The largest absolute Gasteiger partial charge is 0.482 e. The van der Waals surface area contributed by atoms with Crippen molar-refractivity contribution in [3.05, 3.63) is 63.1 Å². The molecule has 0 unspecified atom stereocenters. The van der Waals surface area contributed by atoms with Gasteiger partial charge in [0.1, 0.15) is 5.75 Å². The van der Waals surface area contributed by atoms with Gasteiger partial charge < -0.3 is 14.4 Å². The molecule has 0 saturated carbocycles. The van der Waals surface area contributed by atoms with Crippen LogP contribution in [0.4, 0.5) is 0 Å². The Kier molecular flexibility index (Phi) is 7.25. The summed E-state index contributed by atoms with van der Waals surface area (Å²) in [5.41, 5.74) is 0.996. The summed E-state index contributed by atoms with van der Waals surface area (Å²) < 4.78 is 11.3. The van der Waals surface area contributed by atoms with Gasteiger partial charge in [0.15, 0.2) is 6.61 Å². The molecule has 7 heteroatoms. The Morgan fingerprint density at radius 2 is 1.85 bits per heavy atom. The number of hydrogen-bond donors (Lipinski definition) is 0. The van der Waals surface area contributed by atoms with E-state index in [1.807, 2.05) is 24.3 Å². The van der Waals surface area contributed by atoms with Crippen molar-refractivity contribution in [1.29, 1.82) is 0 Å². The van der Waals surface area contributed by atoms with Gasteiger partial charge in [-0.15, -0.1) is 0 Å². The third-order valence-corrected chi connectivity index (χ3v) is 5.11. The van der Waals surface area contributed by atoms with Gasteiger partial charge in [-0.25, -0.2) is 0 Å². The monoisotopic (exact) mass is 427 g/mol. The van der Waals surface area contributed by atoms with Gasteiger partial charge in [-0.1, -0.05) is 46.9 Å². The molecule has 1 aliphatic rings. The number of carbonyl (C=O) groups excluding carboxylic acids is 1. The van der Waals surface area contributed by atoms with Crippen molar-refractivity contribution in [2.24, 2.45) is 0 Å². The van der Waals surface area contributed by atoms with Crippen LogP contribution in [-0.2, 0) is 16.1 Å². The molecule has 4 nitrogen and oxygen atoms in total. The summed E-state index contributed by atoms with van der Waals surface area (Å²) in [4.78, 5) is 14.6. The highest BCUT2D eigenvalue weighted by molar-refractivity contribution is 6.35. The van der Waals surface area contributed by atoms with Crippen LogP contribution in [0, 0.1) is 0 Å². The molecule has 1 atom stereocenters. The Bertz CT molecular complexity index is 777. The minimum absolute atomic E-state index is 0.0559. The molecule has 0 radical (unpaired) electrons. The van der Waals surface area contributed by atoms with E-state index in [9.17, 15) is 4.79 Å². The van der Waals surface area contributed by atoms with E-state index in [1.165, 1.54) is 0 Å². The Hall–Kier alpha value is -1.46. The lowest BCUT2D eigenvalue weighted by molar-refractivity contribution is -0.135. The van der Waals surface area contributed by atoms with Crippen molar-refractivity contribution >= 4 is 40.7 Å². The second-order valence-corrected chi connectivity index (χ2v) is 7.68. The lowest BCUT2D eigenvalue weighted by Gasteiger charge is -2.26. The number of rotatable bonds is 7. The van der Waals surface area contributed by atoms with Gasteiger partial charge in [-0.05, 0) is 48.7 Å². The van der Waals surface area contributed by atoms with Crippen molar-refractivity contribution < 1.29 is 14.3 Å². The molecule has 1 saturated heterocycles. The van der Waals surface area contributed by atoms with Crippen molar-refractivity contribution in [3.8, 4) is 5.75 Å². The lowest BCUT2D eigenvalue weighted by Crippen LogP contribution is -2.39. The SMILES string of the molecule is O=C(COc1ccc(Cl)cc1Cl)N(Cc1ccc(Cl)cc1)C[C@@H]1CCCO1. The number of nitrogens with zero attached hydrogens (tertiary/aromatic N) is 1. The number of halogens is 3. The average molecular weight is 429 g/mol. The zero-order valence-electron chi connectivity index (χ0n) is 14.7. The minimum Gasteiger partial charge on any atom is -0.482 e. The molecule has 0 bridgehead atoms. The summed E-state index contributed by atoms with van der Waals surface area (Å²) in [6.07, 6.45) is 2.03. The van der Waals surface area contributed by atoms with E-state index >= 15 is 0 Å². The minimum atomic E-state index is -0.133. The molecule has 2 aromatic carbocycles. The standard InChI is InChI=1S/C20H20Cl3NO3/c21-15-5-3-14(4-6-15)11-24(12-17-2-1-9-26-17)20(25)13-27-19-8-7-16(22)10-18(19)23/h3-8,10,17H,1-2,9,11-13H2/t17-/m0/s1. The predicted molar refractivity (Wildman–Crippen MR) is 108 cm³/mol. The van der Waals surface area contributed by atoms with E-state index in [0.717, 1.165) is 25.0 Å². The highest BCUT2D eigenvalue weighted by atomic mass is 35.5. The summed E-state index contributed by atoms with van der Waals surface area (Å²) in [6.45, 7) is 1.62. The Balaban J connectivity index is 1.66. The van der Waals surface area contributed by atoms with Crippen molar-refractivity contribution in [3.63, 3.8) is 0 Å². The molecule has 2 aromatic rings. The summed E-state index contributed by atoms with van der Waals surface area (Å²) in [5, 5.41) is 1.55. The maximum atomic E-state index is 12.8. The quantitative estimate of drug-likeness (QED) is 0.606. The zero-order chi connectivity index (χ0) is 19.2. The molecule has 3 rings (SSSR count). The highest BCUT2D eigenvalue weighted by Crippen LogP contribution is 2.27. The third-order valence-electron chi connectivity index (χ3n) is 4.33. The van der Waals surface area contributed by atoms with Crippen LogP contribution in [0.1, 0.15) is 18.4 Å². The van der Waals surface area contributed by atoms with Crippen LogP contribution in [0.15, 0.2) is 42.5 Å². The van der Waals surface area contributed by atoms with E-state index in [4.69, 9.17) is 44.3 Å². The van der Waals surface area contributed by atoms with Crippen LogP contribution in [0.3, 0.4) is 0 Å². The number of amides is 1. The molecule has 1 amide bonds. The number of carbonyl (C=O) groups is 1. The van der Waals surface area contributed by atoms with E-state index < -0.39 is 0 Å². The van der Waals surface area contributed by atoms with E-state index in [0.29, 0.717) is 33.9 Å². The molecule has 27 heavy (non-hydrogen) atoms. The second kappa shape index (κ2) is 9.65. The van der Waals surface area contributed by atoms with Crippen LogP contribution in [0.5, 0.6) is 5.75 Å². The number of hydrogen-bond acceptors (Lipinski definition) is 3. The summed E-state index contributed by atoms with van der Waals surface area (Å²) in [5.74, 6) is 0.296. The zero-order valence-corrected chi connectivity index (χ0v) is 16.9. The first-order valence-corrected chi connectivity index (χ1v) is 9.86. The average Bonchev–Trinajstić information content (AvgIpc) is 3.15. The van der Waals surface area contributed by atoms with Crippen molar-refractivity contribution in [1.82, 2.24) is 4.90 Å². The first kappa shape index (κ1) is 20.3. The molecule has 1 fully saturated rings. The maximum Gasteiger partial charge on any atom is 0.260 e. The van der Waals surface area contributed by atoms with Crippen molar-refractivity contribution in [2.75, 3.05) is 19.8 Å². The number of ether oxygens (including phenoxy) is 2. The molecule has 144 valence electrons. The smallest absolute Gasteiger partial charge is 0.260 e. The topological polar surface area (TPSA) is 38.8 Å². The number of benzene rings is 2. The first-order valence-electron chi connectivity index (χ1n) is 8.73. The molecule has 1 heterocycles. The lowest BCUT2D eigenvalue weighted by atomic mass is 10.2. The molecular weight excluding hydrogens is 409 g/mol. The van der Waals surface area contributed by atoms with Gasteiger partial charge in [0.05, 0.1) is 11.1 Å². The fourth-order valence-corrected chi connectivity index (χ4v) is 3.51. The first-order chi connectivity index (χ1) is 13.0. The highest BCUT2D eigenvalue weighted by Gasteiger charge is 2.23. The van der Waals surface area contributed by atoms with Gasteiger partial charge >= 0.3 is 0 Å². The normalized spacial score (nSPS) is 16.3. The molecule has 0 aliphatic carbocycles. The Morgan fingerprint density at radius 1 is 1.11 bits per heavy atom. The fraction of sp³-hybridized carbons (Fsp3) is 0.350.